The summed E-state index contributed by atoms with van der Waals surface area (Å²) in [6, 6.07) is 25.3. The Hall–Kier alpha value is -3.01. The first-order valence-electron chi connectivity index (χ1n) is 8.21. The van der Waals surface area contributed by atoms with Crippen LogP contribution in [-0.2, 0) is 0 Å². The van der Waals surface area contributed by atoms with Crippen molar-refractivity contribution in [3.8, 4) is 0 Å². The molecule has 2 heterocycles. The van der Waals surface area contributed by atoms with Crippen LogP contribution >= 0.6 is 0 Å². The van der Waals surface area contributed by atoms with Crippen LogP contribution in [0.25, 0.3) is 0 Å². The van der Waals surface area contributed by atoms with Gasteiger partial charge in [0.25, 0.3) is 0 Å². The smallest absolute Gasteiger partial charge is 0.404 e. The Balaban J connectivity index is 1.34. The van der Waals surface area contributed by atoms with E-state index in [1.54, 1.807) is 0 Å². The molecule has 3 aromatic rings. The summed E-state index contributed by atoms with van der Waals surface area (Å²) in [6.45, 7) is 0.247. The van der Waals surface area contributed by atoms with Crippen molar-refractivity contribution in [3.05, 3.63) is 72.8 Å². The molecule has 0 aliphatic carbocycles. The van der Waals surface area contributed by atoms with Crippen molar-refractivity contribution >= 4 is 47.6 Å². The molecular formula is C18H16B2N4. The highest BCUT2D eigenvalue weighted by Crippen LogP contribution is 2.27. The Morgan fingerprint density at radius 2 is 0.708 bits per heavy atom. The standard InChI is InChI=1S/C18H16B2N4/c1-2-6-16-15(5-1)21-19(22-16)13-9-11-14(12-10-13)20-23-17-7-3-4-8-18(17)24-20/h1-12,21-24H. The first-order chi connectivity index (χ1) is 11.9. The van der Waals surface area contributed by atoms with Crippen LogP contribution in [0.5, 0.6) is 0 Å². The molecule has 0 spiro atoms. The Morgan fingerprint density at radius 1 is 0.417 bits per heavy atom. The maximum absolute atomic E-state index is 3.51. The van der Waals surface area contributed by atoms with Crippen LogP contribution < -0.4 is 31.8 Å². The maximum Gasteiger partial charge on any atom is 0.406 e. The van der Waals surface area contributed by atoms with E-state index in [0.29, 0.717) is 0 Å². The number of hydrogen-bond acceptors (Lipinski definition) is 4. The minimum Gasteiger partial charge on any atom is -0.404 e. The first kappa shape index (κ1) is 13.4. The molecule has 0 aromatic heterocycles. The summed E-state index contributed by atoms with van der Waals surface area (Å²) in [5.74, 6) is 0. The fourth-order valence-electron chi connectivity index (χ4n) is 3.38. The van der Waals surface area contributed by atoms with E-state index >= 15 is 0 Å². The summed E-state index contributed by atoms with van der Waals surface area (Å²) >= 11 is 0. The van der Waals surface area contributed by atoms with E-state index in [-0.39, 0.29) is 14.0 Å². The highest BCUT2D eigenvalue weighted by Gasteiger charge is 2.29. The molecule has 0 bridgehead atoms. The molecular weight excluding hydrogens is 294 g/mol. The Bertz CT molecular complexity index is 773. The van der Waals surface area contributed by atoms with Gasteiger partial charge in [-0.2, -0.15) is 0 Å². The van der Waals surface area contributed by atoms with Crippen LogP contribution in [0.1, 0.15) is 0 Å². The fraction of sp³-hybridized carbons (Fsp3) is 0. The number of nitrogens with one attached hydrogen (secondary N) is 4. The second-order valence-electron chi connectivity index (χ2n) is 6.20. The van der Waals surface area contributed by atoms with Gasteiger partial charge in [0.1, 0.15) is 0 Å². The largest absolute Gasteiger partial charge is 0.406 e. The SMILES string of the molecule is c1ccc2c(c1)NB(c1ccc(B3Nc4ccccc4N3)cc1)N2. The van der Waals surface area contributed by atoms with Crippen molar-refractivity contribution in [2.75, 3.05) is 20.9 Å². The summed E-state index contributed by atoms with van der Waals surface area (Å²) in [4.78, 5) is 0. The Kier molecular flexibility index (Phi) is 2.95. The van der Waals surface area contributed by atoms with Crippen molar-refractivity contribution in [2.24, 2.45) is 0 Å². The van der Waals surface area contributed by atoms with Gasteiger partial charge in [0.15, 0.2) is 0 Å². The molecule has 2 aliphatic rings. The third kappa shape index (κ3) is 2.19. The van der Waals surface area contributed by atoms with Gasteiger partial charge in [-0.05, 0) is 35.2 Å². The van der Waals surface area contributed by atoms with Gasteiger partial charge in [0.2, 0.25) is 0 Å². The summed E-state index contributed by atoms with van der Waals surface area (Å²) in [6.07, 6.45) is 0. The minimum atomic E-state index is 0.123. The number of fused-ring (bicyclic) bond motifs is 2. The average Bonchev–Trinajstić information content (AvgIpc) is 3.25. The summed E-state index contributed by atoms with van der Waals surface area (Å²) in [5.41, 5.74) is 7.07. The Labute approximate surface area is 141 Å². The van der Waals surface area contributed by atoms with E-state index in [4.69, 9.17) is 0 Å². The molecule has 0 saturated heterocycles. The molecule has 24 heavy (non-hydrogen) atoms. The van der Waals surface area contributed by atoms with Crippen molar-refractivity contribution in [2.45, 2.75) is 0 Å². The summed E-state index contributed by atoms with van der Waals surface area (Å²) < 4.78 is 0. The molecule has 2 aliphatic heterocycles. The van der Waals surface area contributed by atoms with Gasteiger partial charge >= 0.3 is 14.0 Å². The summed E-state index contributed by atoms with van der Waals surface area (Å²) in [7, 11) is 0. The van der Waals surface area contributed by atoms with Gasteiger partial charge in [-0.3, -0.25) is 0 Å². The lowest BCUT2D eigenvalue weighted by Crippen LogP contribution is -2.45. The lowest BCUT2D eigenvalue weighted by Gasteiger charge is -2.11. The molecule has 0 amide bonds. The second-order valence-corrected chi connectivity index (χ2v) is 6.20. The van der Waals surface area contributed by atoms with Crippen molar-refractivity contribution < 1.29 is 0 Å². The lowest BCUT2D eigenvalue weighted by molar-refractivity contribution is 1.70. The third-order valence-corrected chi connectivity index (χ3v) is 4.66. The average molecular weight is 310 g/mol. The van der Waals surface area contributed by atoms with E-state index in [0.717, 1.165) is 22.7 Å². The van der Waals surface area contributed by atoms with E-state index in [1.165, 1.54) is 10.9 Å². The molecule has 0 unspecified atom stereocenters. The maximum atomic E-state index is 3.51. The van der Waals surface area contributed by atoms with Gasteiger partial charge in [0, 0.05) is 22.7 Å². The fourth-order valence-corrected chi connectivity index (χ4v) is 3.38. The second kappa shape index (κ2) is 5.27. The van der Waals surface area contributed by atoms with Gasteiger partial charge < -0.3 is 20.9 Å². The van der Waals surface area contributed by atoms with E-state index in [1.807, 2.05) is 24.3 Å². The van der Waals surface area contributed by atoms with Crippen LogP contribution in [0.4, 0.5) is 22.7 Å². The minimum absolute atomic E-state index is 0.123. The molecule has 0 atom stereocenters. The van der Waals surface area contributed by atoms with Gasteiger partial charge in [-0.1, -0.05) is 48.5 Å². The lowest BCUT2D eigenvalue weighted by atomic mass is 9.65. The van der Waals surface area contributed by atoms with Crippen LogP contribution in [0.2, 0.25) is 0 Å². The van der Waals surface area contributed by atoms with Gasteiger partial charge in [-0.15, -0.1) is 0 Å². The topological polar surface area (TPSA) is 48.1 Å². The predicted molar refractivity (Wildman–Crippen MR) is 105 cm³/mol. The molecule has 0 fully saturated rings. The van der Waals surface area contributed by atoms with Crippen LogP contribution in [0, 0.1) is 0 Å². The summed E-state index contributed by atoms with van der Waals surface area (Å²) in [5, 5.41) is 14.0. The first-order valence-corrected chi connectivity index (χ1v) is 8.21. The number of hydrogen-bond donors (Lipinski definition) is 4. The molecule has 114 valence electrons. The van der Waals surface area contributed by atoms with Crippen LogP contribution in [0.15, 0.2) is 72.8 Å². The van der Waals surface area contributed by atoms with E-state index in [9.17, 15) is 0 Å². The van der Waals surface area contributed by atoms with E-state index in [2.05, 4.69) is 69.4 Å². The van der Waals surface area contributed by atoms with Gasteiger partial charge in [-0.25, -0.2) is 0 Å². The van der Waals surface area contributed by atoms with Crippen molar-refractivity contribution in [3.63, 3.8) is 0 Å². The molecule has 0 radical (unpaired) electrons. The zero-order valence-corrected chi connectivity index (χ0v) is 13.1. The van der Waals surface area contributed by atoms with Crippen LogP contribution in [-0.4, -0.2) is 14.0 Å². The van der Waals surface area contributed by atoms with Crippen molar-refractivity contribution in [1.29, 1.82) is 0 Å². The van der Waals surface area contributed by atoms with Gasteiger partial charge in [0.05, 0.1) is 0 Å². The predicted octanol–water partition coefficient (Wildman–Crippen LogP) is 2.15. The number of anilines is 4. The molecule has 4 nitrogen and oxygen atoms in total. The third-order valence-electron chi connectivity index (χ3n) is 4.66. The number of rotatable bonds is 2. The highest BCUT2D eigenvalue weighted by molar-refractivity contribution is 6.82. The molecule has 5 rings (SSSR count). The normalized spacial score (nSPS) is 14.2. The molecule has 0 saturated carbocycles. The zero-order valence-electron chi connectivity index (χ0n) is 13.1. The monoisotopic (exact) mass is 310 g/mol. The highest BCUT2D eigenvalue weighted by atomic mass is 15.0. The number of para-hydroxylation sites is 4. The van der Waals surface area contributed by atoms with Crippen LogP contribution in [0.3, 0.4) is 0 Å². The quantitative estimate of drug-likeness (QED) is 0.548. The molecule has 3 aromatic carbocycles. The van der Waals surface area contributed by atoms with E-state index < -0.39 is 0 Å². The Morgan fingerprint density at radius 3 is 1.00 bits per heavy atom. The molecule has 6 heteroatoms. The zero-order chi connectivity index (χ0) is 15.9. The molecule has 4 N–H and O–H groups in total. The number of benzene rings is 3. The van der Waals surface area contributed by atoms with Crippen molar-refractivity contribution in [1.82, 2.24) is 0 Å².